The smallest absolute Gasteiger partial charge is 0.253 e. The summed E-state index contributed by atoms with van der Waals surface area (Å²) in [5, 5.41) is 0.260. The lowest BCUT2D eigenvalue weighted by Gasteiger charge is -2.20. The summed E-state index contributed by atoms with van der Waals surface area (Å²) in [6.45, 7) is 1.31. The minimum Gasteiger partial charge on any atom is -0.468 e. The first-order valence-corrected chi connectivity index (χ1v) is 10.9. The molecule has 6 nitrogen and oxygen atoms in total. The summed E-state index contributed by atoms with van der Waals surface area (Å²) < 4.78 is 30.9. The van der Waals surface area contributed by atoms with E-state index >= 15 is 0 Å². The number of furan rings is 1. The average molecular weight is 395 g/mol. The molecule has 1 aliphatic heterocycles. The van der Waals surface area contributed by atoms with E-state index in [9.17, 15) is 13.2 Å². The number of hydrogen-bond donors (Lipinski definition) is 0. The minimum atomic E-state index is -3.49. The molecule has 0 saturated carbocycles. The van der Waals surface area contributed by atoms with E-state index < -0.39 is 10.0 Å². The fourth-order valence-electron chi connectivity index (χ4n) is 2.84. The molecule has 0 bridgehead atoms. The maximum Gasteiger partial charge on any atom is 0.253 e. The molecule has 0 N–H and O–H groups in total. The van der Waals surface area contributed by atoms with Crippen LogP contribution in [0.4, 0.5) is 0 Å². The maximum atomic E-state index is 12.8. The van der Waals surface area contributed by atoms with Crippen molar-refractivity contribution in [1.82, 2.24) is 9.21 Å². The highest BCUT2D eigenvalue weighted by Crippen LogP contribution is 2.34. The lowest BCUT2D eigenvalue weighted by molar-refractivity contribution is 0.0766. The molecule has 2 heterocycles. The van der Waals surface area contributed by atoms with E-state index in [1.807, 2.05) is 17.0 Å². The summed E-state index contributed by atoms with van der Waals surface area (Å²) in [7, 11) is -0.518. The lowest BCUT2D eigenvalue weighted by Crippen LogP contribution is -2.33. The van der Waals surface area contributed by atoms with Gasteiger partial charge in [0, 0.05) is 38.5 Å². The van der Waals surface area contributed by atoms with E-state index in [0.717, 1.165) is 22.2 Å². The molecule has 2 aromatic rings. The molecular formula is C18H22N2O4S2. The number of hydrogen-bond acceptors (Lipinski definition) is 5. The van der Waals surface area contributed by atoms with Crippen molar-refractivity contribution < 1.29 is 17.6 Å². The van der Waals surface area contributed by atoms with Gasteiger partial charge in [0.05, 0.1) is 16.4 Å². The standard InChI is InChI=1S/C18H22N2O4S2/c1-19(2)26(22,23)15-7-5-14(6-8-15)18(21)20-10-9-17(25-13-11-20)16-4-3-12-24-16/h3-8,12,17H,9-11,13H2,1-2H3/t17-/m1/s1. The molecule has 1 atom stereocenters. The third-order valence-corrected chi connectivity index (χ3v) is 7.49. The quantitative estimate of drug-likeness (QED) is 0.797. The summed E-state index contributed by atoms with van der Waals surface area (Å²) in [4.78, 5) is 14.8. The molecule has 1 fully saturated rings. The van der Waals surface area contributed by atoms with Crippen LogP contribution in [0.25, 0.3) is 0 Å². The number of rotatable bonds is 4. The van der Waals surface area contributed by atoms with Gasteiger partial charge in [-0.05, 0) is 42.8 Å². The Morgan fingerprint density at radius 2 is 1.92 bits per heavy atom. The van der Waals surface area contributed by atoms with Gasteiger partial charge in [-0.3, -0.25) is 4.79 Å². The second-order valence-electron chi connectivity index (χ2n) is 6.27. The highest BCUT2D eigenvalue weighted by atomic mass is 32.2. The van der Waals surface area contributed by atoms with Crippen molar-refractivity contribution in [3.8, 4) is 0 Å². The normalized spacial score (nSPS) is 18.7. The Hall–Kier alpha value is -1.77. The van der Waals surface area contributed by atoms with Crippen LogP contribution in [0, 0.1) is 0 Å². The summed E-state index contributed by atoms with van der Waals surface area (Å²) in [5.74, 6) is 1.71. The Morgan fingerprint density at radius 1 is 1.19 bits per heavy atom. The average Bonchev–Trinajstić information content (AvgIpc) is 3.06. The molecule has 1 saturated heterocycles. The van der Waals surface area contributed by atoms with Gasteiger partial charge in [-0.25, -0.2) is 12.7 Å². The van der Waals surface area contributed by atoms with Gasteiger partial charge in [-0.2, -0.15) is 0 Å². The Morgan fingerprint density at radius 3 is 2.54 bits per heavy atom. The van der Waals surface area contributed by atoms with E-state index in [1.54, 1.807) is 30.2 Å². The number of carbonyl (C=O) groups excluding carboxylic acids is 1. The Bertz CT molecular complexity index is 846. The number of thioether (sulfide) groups is 1. The van der Waals surface area contributed by atoms with Crippen LogP contribution in [0.3, 0.4) is 0 Å². The zero-order chi connectivity index (χ0) is 18.7. The highest BCUT2D eigenvalue weighted by molar-refractivity contribution is 7.99. The van der Waals surface area contributed by atoms with Crippen LogP contribution in [0.1, 0.15) is 27.8 Å². The number of carbonyl (C=O) groups is 1. The Labute approximate surface area is 158 Å². The number of nitrogens with zero attached hydrogens (tertiary/aromatic N) is 2. The van der Waals surface area contributed by atoms with Crippen LogP contribution in [-0.4, -0.2) is 56.5 Å². The molecule has 1 aromatic heterocycles. The number of sulfonamides is 1. The van der Waals surface area contributed by atoms with Gasteiger partial charge in [0.2, 0.25) is 10.0 Å². The second kappa shape index (κ2) is 7.85. The van der Waals surface area contributed by atoms with Crippen molar-refractivity contribution in [2.45, 2.75) is 16.6 Å². The molecule has 140 valence electrons. The Balaban J connectivity index is 1.69. The van der Waals surface area contributed by atoms with Gasteiger partial charge in [0.15, 0.2) is 0 Å². The molecule has 1 aromatic carbocycles. The van der Waals surface area contributed by atoms with E-state index in [0.29, 0.717) is 18.7 Å². The van der Waals surface area contributed by atoms with Gasteiger partial charge >= 0.3 is 0 Å². The van der Waals surface area contributed by atoms with Crippen molar-refractivity contribution in [2.24, 2.45) is 0 Å². The first kappa shape index (κ1) is 19.0. The molecule has 0 spiro atoms. The monoisotopic (exact) mass is 394 g/mol. The maximum absolute atomic E-state index is 12.8. The van der Waals surface area contributed by atoms with Crippen LogP contribution >= 0.6 is 11.8 Å². The molecule has 26 heavy (non-hydrogen) atoms. The van der Waals surface area contributed by atoms with Crippen LogP contribution in [0.15, 0.2) is 52.0 Å². The van der Waals surface area contributed by atoms with Crippen LogP contribution in [-0.2, 0) is 10.0 Å². The summed E-state index contributed by atoms with van der Waals surface area (Å²) in [5.41, 5.74) is 0.504. The fourth-order valence-corrected chi connectivity index (χ4v) is 4.92. The second-order valence-corrected chi connectivity index (χ2v) is 9.73. The number of amides is 1. The van der Waals surface area contributed by atoms with Crippen molar-refractivity contribution >= 4 is 27.7 Å². The minimum absolute atomic E-state index is 0.0699. The molecule has 1 amide bonds. The van der Waals surface area contributed by atoms with Crippen molar-refractivity contribution in [1.29, 1.82) is 0 Å². The summed E-state index contributed by atoms with van der Waals surface area (Å²) in [6.07, 6.45) is 2.50. The SMILES string of the molecule is CN(C)S(=O)(=O)c1ccc(C(=O)N2CCS[C@@H](c3ccco3)CC2)cc1. The van der Waals surface area contributed by atoms with Gasteiger partial charge in [0.25, 0.3) is 5.91 Å². The predicted molar refractivity (Wildman–Crippen MR) is 102 cm³/mol. The van der Waals surface area contributed by atoms with E-state index in [-0.39, 0.29) is 16.1 Å². The molecule has 8 heteroatoms. The summed E-state index contributed by atoms with van der Waals surface area (Å²) >= 11 is 1.79. The van der Waals surface area contributed by atoms with E-state index in [2.05, 4.69) is 0 Å². The van der Waals surface area contributed by atoms with Crippen molar-refractivity contribution in [3.63, 3.8) is 0 Å². The molecule has 0 unspecified atom stereocenters. The largest absolute Gasteiger partial charge is 0.468 e. The first-order valence-electron chi connectivity index (χ1n) is 8.36. The highest BCUT2D eigenvalue weighted by Gasteiger charge is 2.25. The van der Waals surface area contributed by atoms with Gasteiger partial charge in [-0.15, -0.1) is 11.8 Å². The number of benzene rings is 1. The zero-order valence-corrected chi connectivity index (χ0v) is 16.4. The Kier molecular flexibility index (Phi) is 5.74. The molecule has 3 rings (SSSR count). The van der Waals surface area contributed by atoms with E-state index in [1.165, 1.54) is 26.2 Å². The van der Waals surface area contributed by atoms with E-state index in [4.69, 9.17) is 4.42 Å². The third kappa shape index (κ3) is 3.97. The van der Waals surface area contributed by atoms with Gasteiger partial charge in [-0.1, -0.05) is 0 Å². The van der Waals surface area contributed by atoms with Gasteiger partial charge < -0.3 is 9.32 Å². The molecule has 1 aliphatic rings. The molecular weight excluding hydrogens is 372 g/mol. The fraction of sp³-hybridized carbons (Fsp3) is 0.389. The topological polar surface area (TPSA) is 70.8 Å². The van der Waals surface area contributed by atoms with Crippen LogP contribution in [0.2, 0.25) is 0 Å². The van der Waals surface area contributed by atoms with Gasteiger partial charge in [0.1, 0.15) is 5.76 Å². The zero-order valence-electron chi connectivity index (χ0n) is 14.8. The lowest BCUT2D eigenvalue weighted by atomic mass is 10.2. The molecule has 0 aliphatic carbocycles. The van der Waals surface area contributed by atoms with Crippen molar-refractivity contribution in [3.05, 3.63) is 54.0 Å². The predicted octanol–water partition coefficient (Wildman–Crippen LogP) is 2.85. The van der Waals surface area contributed by atoms with Crippen molar-refractivity contribution in [2.75, 3.05) is 32.9 Å². The van der Waals surface area contributed by atoms with Crippen LogP contribution in [0.5, 0.6) is 0 Å². The molecule has 0 radical (unpaired) electrons. The summed E-state index contributed by atoms with van der Waals surface area (Å²) in [6, 6.07) is 10.00. The third-order valence-electron chi connectivity index (χ3n) is 4.37. The van der Waals surface area contributed by atoms with Crippen LogP contribution < -0.4 is 0 Å². The first-order chi connectivity index (χ1) is 12.4.